The van der Waals surface area contributed by atoms with Crippen LogP contribution in [-0.4, -0.2) is 22.4 Å². The Morgan fingerprint density at radius 3 is 1.83 bits per heavy atom. The molecule has 4 aromatic carbocycles. The number of nitrogens with one attached hydrogen (secondary N) is 2. The first-order valence-electron chi connectivity index (χ1n) is 9.25. The number of hydrogen-bond donors (Lipinski definition) is 4. The van der Waals surface area contributed by atoms with E-state index in [1.807, 2.05) is 66.7 Å². The van der Waals surface area contributed by atoms with Gasteiger partial charge >= 0.3 is 12.2 Å². The van der Waals surface area contributed by atoms with Crippen LogP contribution in [-0.2, 0) is 0 Å². The van der Waals surface area contributed by atoms with E-state index < -0.39 is 12.2 Å². The molecule has 4 N–H and O–H groups in total. The van der Waals surface area contributed by atoms with Crippen LogP contribution in [0.4, 0.5) is 21.0 Å². The van der Waals surface area contributed by atoms with Crippen LogP contribution in [0.1, 0.15) is 0 Å². The molecule has 0 aliphatic carbocycles. The van der Waals surface area contributed by atoms with Crippen molar-refractivity contribution in [2.75, 3.05) is 10.6 Å². The lowest BCUT2D eigenvalue weighted by Gasteiger charge is -2.20. The second-order valence-corrected chi connectivity index (χ2v) is 6.67. The fourth-order valence-electron chi connectivity index (χ4n) is 3.64. The highest BCUT2D eigenvalue weighted by Gasteiger charge is 2.19. The maximum absolute atomic E-state index is 11.7. The first-order chi connectivity index (χ1) is 14.5. The SMILES string of the molecule is O=C(O)Nc1cccc2c(NC(=O)O)c(-c3ccccc3)c(-c3ccccc3)cc12. The summed E-state index contributed by atoms with van der Waals surface area (Å²) in [4.78, 5) is 23.0. The summed E-state index contributed by atoms with van der Waals surface area (Å²) in [6.45, 7) is 0. The average Bonchev–Trinajstić information content (AvgIpc) is 2.74. The minimum absolute atomic E-state index is 0.380. The molecule has 4 rings (SSSR count). The fourth-order valence-corrected chi connectivity index (χ4v) is 3.64. The minimum atomic E-state index is -1.20. The Labute approximate surface area is 172 Å². The topological polar surface area (TPSA) is 98.7 Å². The average molecular weight is 398 g/mol. The molecule has 4 aromatic rings. The van der Waals surface area contributed by atoms with Crippen molar-refractivity contribution in [2.24, 2.45) is 0 Å². The van der Waals surface area contributed by atoms with E-state index in [9.17, 15) is 19.8 Å². The van der Waals surface area contributed by atoms with Crippen molar-refractivity contribution in [3.8, 4) is 22.3 Å². The molecule has 0 aliphatic rings. The Morgan fingerprint density at radius 1 is 0.633 bits per heavy atom. The Morgan fingerprint density at radius 2 is 1.23 bits per heavy atom. The molecule has 0 saturated carbocycles. The molecule has 0 aromatic heterocycles. The molecule has 2 amide bonds. The zero-order valence-electron chi connectivity index (χ0n) is 15.8. The maximum Gasteiger partial charge on any atom is 0.409 e. The smallest absolute Gasteiger partial charge is 0.409 e. The molecule has 0 heterocycles. The van der Waals surface area contributed by atoms with E-state index in [2.05, 4.69) is 10.6 Å². The number of fused-ring (bicyclic) bond motifs is 1. The summed E-state index contributed by atoms with van der Waals surface area (Å²) in [7, 11) is 0. The summed E-state index contributed by atoms with van der Waals surface area (Å²) in [5.41, 5.74) is 4.03. The van der Waals surface area contributed by atoms with Crippen molar-refractivity contribution in [2.45, 2.75) is 0 Å². The summed E-state index contributed by atoms with van der Waals surface area (Å²) in [6.07, 6.45) is -2.39. The van der Waals surface area contributed by atoms with Gasteiger partial charge in [-0.2, -0.15) is 0 Å². The third-order valence-electron chi connectivity index (χ3n) is 4.80. The number of amides is 2. The number of hydrogen-bond acceptors (Lipinski definition) is 2. The summed E-state index contributed by atoms with van der Waals surface area (Å²) in [6, 6.07) is 26.1. The van der Waals surface area contributed by atoms with Gasteiger partial charge in [-0.15, -0.1) is 0 Å². The largest absolute Gasteiger partial charge is 0.465 e. The van der Waals surface area contributed by atoms with Crippen LogP contribution in [0.3, 0.4) is 0 Å². The normalized spacial score (nSPS) is 10.5. The lowest BCUT2D eigenvalue weighted by atomic mass is 9.89. The van der Waals surface area contributed by atoms with E-state index in [-0.39, 0.29) is 0 Å². The van der Waals surface area contributed by atoms with E-state index in [0.717, 1.165) is 22.3 Å². The minimum Gasteiger partial charge on any atom is -0.465 e. The van der Waals surface area contributed by atoms with Crippen LogP contribution in [0.2, 0.25) is 0 Å². The van der Waals surface area contributed by atoms with Crippen molar-refractivity contribution in [1.82, 2.24) is 0 Å². The quantitative estimate of drug-likeness (QED) is 0.322. The summed E-state index contributed by atoms with van der Waals surface area (Å²) >= 11 is 0. The van der Waals surface area contributed by atoms with Gasteiger partial charge in [-0.05, 0) is 28.8 Å². The highest BCUT2D eigenvalue weighted by molar-refractivity contribution is 6.15. The molecule has 0 radical (unpaired) electrons. The lowest BCUT2D eigenvalue weighted by molar-refractivity contribution is 0.208. The molecule has 0 unspecified atom stereocenters. The van der Waals surface area contributed by atoms with Crippen LogP contribution < -0.4 is 10.6 Å². The van der Waals surface area contributed by atoms with Gasteiger partial charge in [0, 0.05) is 16.3 Å². The fraction of sp³-hybridized carbons (Fsp3) is 0. The summed E-state index contributed by atoms with van der Waals surface area (Å²) in [5.74, 6) is 0. The zero-order chi connectivity index (χ0) is 21.1. The van der Waals surface area contributed by atoms with E-state index in [4.69, 9.17) is 0 Å². The molecular formula is C24H18N2O4. The molecule has 30 heavy (non-hydrogen) atoms. The van der Waals surface area contributed by atoms with Gasteiger partial charge in [-0.25, -0.2) is 9.59 Å². The van der Waals surface area contributed by atoms with E-state index in [1.54, 1.807) is 18.2 Å². The first-order valence-corrected chi connectivity index (χ1v) is 9.25. The Kier molecular flexibility index (Phi) is 5.05. The maximum atomic E-state index is 11.7. The van der Waals surface area contributed by atoms with E-state index in [0.29, 0.717) is 22.1 Å². The van der Waals surface area contributed by atoms with E-state index >= 15 is 0 Å². The van der Waals surface area contributed by atoms with Crippen molar-refractivity contribution < 1.29 is 19.8 Å². The highest BCUT2D eigenvalue weighted by atomic mass is 16.4. The van der Waals surface area contributed by atoms with Gasteiger partial charge in [0.1, 0.15) is 0 Å². The van der Waals surface area contributed by atoms with Crippen LogP contribution in [0, 0.1) is 0 Å². The molecule has 0 fully saturated rings. The monoisotopic (exact) mass is 398 g/mol. The molecule has 0 spiro atoms. The van der Waals surface area contributed by atoms with Crippen molar-refractivity contribution in [3.63, 3.8) is 0 Å². The number of benzene rings is 4. The Bertz CT molecular complexity index is 1240. The third-order valence-corrected chi connectivity index (χ3v) is 4.80. The number of anilines is 2. The van der Waals surface area contributed by atoms with E-state index in [1.165, 1.54) is 0 Å². The first kappa shape index (κ1) is 19.0. The molecule has 0 atom stereocenters. The van der Waals surface area contributed by atoms with Gasteiger partial charge in [0.2, 0.25) is 0 Å². The van der Waals surface area contributed by atoms with Crippen LogP contribution in [0.25, 0.3) is 33.0 Å². The number of rotatable bonds is 4. The van der Waals surface area contributed by atoms with Gasteiger partial charge in [0.25, 0.3) is 0 Å². The summed E-state index contributed by atoms with van der Waals surface area (Å²) < 4.78 is 0. The molecule has 6 heteroatoms. The predicted molar refractivity (Wildman–Crippen MR) is 118 cm³/mol. The standard InChI is InChI=1S/C24H18N2O4/c27-23(28)25-20-13-7-12-17-19(20)14-18(15-8-3-1-4-9-15)21(22(17)26-24(29)30)16-10-5-2-6-11-16/h1-14,25-26H,(H,27,28)(H,29,30). The second-order valence-electron chi connectivity index (χ2n) is 6.67. The molecular weight excluding hydrogens is 380 g/mol. The van der Waals surface area contributed by atoms with Crippen LogP contribution in [0.15, 0.2) is 84.9 Å². The second kappa shape index (κ2) is 7.97. The molecule has 0 bridgehead atoms. The van der Waals surface area contributed by atoms with Crippen molar-refractivity contribution >= 4 is 34.3 Å². The zero-order valence-corrected chi connectivity index (χ0v) is 15.8. The third kappa shape index (κ3) is 3.66. The summed E-state index contributed by atoms with van der Waals surface area (Å²) in [5, 5.41) is 24.9. The number of carboxylic acid groups (broad SMARTS) is 2. The molecule has 148 valence electrons. The van der Waals surface area contributed by atoms with Gasteiger partial charge < -0.3 is 10.2 Å². The van der Waals surface area contributed by atoms with Crippen molar-refractivity contribution in [1.29, 1.82) is 0 Å². The van der Waals surface area contributed by atoms with Gasteiger partial charge in [0.15, 0.2) is 0 Å². The Balaban J connectivity index is 2.15. The lowest BCUT2D eigenvalue weighted by Crippen LogP contribution is -2.11. The van der Waals surface area contributed by atoms with Gasteiger partial charge in [0.05, 0.1) is 11.4 Å². The molecule has 0 saturated heterocycles. The number of carbonyl (C=O) groups is 2. The van der Waals surface area contributed by atoms with Crippen molar-refractivity contribution in [3.05, 3.63) is 84.9 Å². The highest BCUT2D eigenvalue weighted by Crippen LogP contribution is 2.44. The van der Waals surface area contributed by atoms with Crippen LogP contribution >= 0.6 is 0 Å². The molecule has 0 aliphatic heterocycles. The molecule has 6 nitrogen and oxygen atoms in total. The predicted octanol–water partition coefficient (Wildman–Crippen LogP) is 6.35. The van der Waals surface area contributed by atoms with Gasteiger partial charge in [-0.3, -0.25) is 10.6 Å². The Hall–Kier alpha value is -4.32. The van der Waals surface area contributed by atoms with Crippen LogP contribution in [0.5, 0.6) is 0 Å². The van der Waals surface area contributed by atoms with Gasteiger partial charge in [-0.1, -0.05) is 72.8 Å².